The molecule has 39 valence electrons. The zero-order chi connectivity index (χ0) is 5.28. The van der Waals surface area contributed by atoms with E-state index in [0.29, 0.717) is 0 Å². The molecule has 8 heavy (non-hydrogen) atoms. The first-order chi connectivity index (χ1) is 3.29. The summed E-state index contributed by atoms with van der Waals surface area (Å²) in [4.78, 5) is 20.1. The van der Waals surface area contributed by atoms with Crippen molar-refractivity contribution in [3.05, 3.63) is 0 Å². The maximum atomic E-state index is 10.1. The summed E-state index contributed by atoms with van der Waals surface area (Å²) in [6.45, 7) is 0.124. The maximum Gasteiger partial charge on any atom is 0.321 e. The molecular formula is C3H4N2NaO2. The number of carbonyl (C=O) groups excluding carboxylic acids is 2. The third-order valence-electron chi connectivity index (χ3n) is 0.662. The number of imide groups is 1. The Morgan fingerprint density at radius 3 is 2.12 bits per heavy atom. The molecule has 4 nitrogen and oxygen atoms in total. The van der Waals surface area contributed by atoms with Gasteiger partial charge in [0.25, 0.3) is 0 Å². The van der Waals surface area contributed by atoms with E-state index < -0.39 is 6.03 Å². The third-order valence-corrected chi connectivity index (χ3v) is 0.662. The maximum absolute atomic E-state index is 10.1. The Morgan fingerprint density at radius 1 is 1.38 bits per heavy atom. The number of rotatable bonds is 0. The average Bonchev–Trinajstić information content (AvgIpc) is 1.87. The van der Waals surface area contributed by atoms with Crippen molar-refractivity contribution in [3.8, 4) is 0 Å². The van der Waals surface area contributed by atoms with Crippen molar-refractivity contribution < 1.29 is 9.59 Å². The normalized spacial score (nSPS) is 16.5. The number of amides is 3. The Balaban J connectivity index is 0.000000490. The van der Waals surface area contributed by atoms with Crippen LogP contribution in [0.4, 0.5) is 4.79 Å². The van der Waals surface area contributed by atoms with Crippen LogP contribution >= 0.6 is 0 Å². The molecule has 1 rings (SSSR count). The molecule has 0 aliphatic carbocycles. The van der Waals surface area contributed by atoms with Gasteiger partial charge in [-0.1, -0.05) is 0 Å². The second kappa shape index (κ2) is 3.06. The molecule has 0 aromatic carbocycles. The monoisotopic (exact) mass is 123 g/mol. The minimum atomic E-state index is -0.398. The van der Waals surface area contributed by atoms with Gasteiger partial charge in [-0.25, -0.2) is 4.79 Å². The Bertz CT molecular complexity index is 110. The molecule has 1 fully saturated rings. The van der Waals surface area contributed by atoms with Crippen molar-refractivity contribution in [1.82, 2.24) is 10.6 Å². The molecule has 0 spiro atoms. The summed E-state index contributed by atoms with van der Waals surface area (Å²) in [6.07, 6.45) is 0. The van der Waals surface area contributed by atoms with Crippen LogP contribution in [0.25, 0.3) is 0 Å². The van der Waals surface area contributed by atoms with Gasteiger partial charge >= 0.3 is 6.03 Å². The summed E-state index contributed by atoms with van der Waals surface area (Å²) in [5.74, 6) is -0.259. The van der Waals surface area contributed by atoms with Gasteiger partial charge in [0.1, 0.15) is 0 Å². The molecule has 0 atom stereocenters. The molecule has 1 aliphatic rings. The molecule has 0 aromatic heterocycles. The smallest absolute Gasteiger partial charge is 0.321 e. The zero-order valence-corrected chi connectivity index (χ0v) is 6.52. The number of carbonyl (C=O) groups is 2. The molecular weight excluding hydrogens is 119 g/mol. The van der Waals surface area contributed by atoms with Crippen molar-refractivity contribution in [2.45, 2.75) is 0 Å². The van der Waals surface area contributed by atoms with E-state index in [1.165, 1.54) is 0 Å². The third kappa shape index (κ3) is 1.81. The first kappa shape index (κ1) is 7.94. The van der Waals surface area contributed by atoms with Crippen LogP contribution in [0.2, 0.25) is 0 Å². The minimum absolute atomic E-state index is 0. The minimum Gasteiger partial charge on any atom is -0.329 e. The fourth-order valence-electron chi connectivity index (χ4n) is 0.376. The van der Waals surface area contributed by atoms with Gasteiger partial charge in [-0.15, -0.1) is 0 Å². The van der Waals surface area contributed by atoms with E-state index in [2.05, 4.69) is 5.32 Å². The average molecular weight is 123 g/mol. The van der Waals surface area contributed by atoms with Crippen molar-refractivity contribution in [2.75, 3.05) is 6.54 Å². The largest absolute Gasteiger partial charge is 0.329 e. The van der Waals surface area contributed by atoms with E-state index in [1.54, 1.807) is 0 Å². The predicted octanol–water partition coefficient (Wildman–Crippen LogP) is -1.55. The number of hydrogen-bond donors (Lipinski definition) is 2. The molecule has 0 aromatic rings. The summed E-state index contributed by atoms with van der Waals surface area (Å²) in [5, 5.41) is 4.30. The van der Waals surface area contributed by atoms with Gasteiger partial charge in [-0.2, -0.15) is 0 Å². The van der Waals surface area contributed by atoms with Crippen LogP contribution in [0.15, 0.2) is 0 Å². The van der Waals surface area contributed by atoms with Crippen LogP contribution in [0, 0.1) is 0 Å². The standard InChI is InChI=1S/C3H4N2O2.Na/c6-2-1-4-3(7)5-2;/h1H2,(H2,4,5,6,7);. The Morgan fingerprint density at radius 2 is 2.00 bits per heavy atom. The molecule has 5 heteroatoms. The van der Waals surface area contributed by atoms with E-state index in [4.69, 9.17) is 0 Å². The van der Waals surface area contributed by atoms with Crippen LogP contribution in [0.3, 0.4) is 0 Å². The van der Waals surface area contributed by atoms with Crippen LogP contribution in [0.1, 0.15) is 0 Å². The van der Waals surface area contributed by atoms with Gasteiger partial charge < -0.3 is 5.32 Å². The van der Waals surface area contributed by atoms with E-state index in [0.717, 1.165) is 0 Å². The molecule has 1 heterocycles. The van der Waals surface area contributed by atoms with Gasteiger partial charge in [-0.3, -0.25) is 10.1 Å². The second-order valence-corrected chi connectivity index (χ2v) is 1.23. The summed E-state index contributed by atoms with van der Waals surface area (Å²) in [6, 6.07) is -0.398. The molecule has 1 saturated heterocycles. The summed E-state index contributed by atoms with van der Waals surface area (Å²) >= 11 is 0. The van der Waals surface area contributed by atoms with Gasteiger partial charge in [0.05, 0.1) is 6.54 Å². The van der Waals surface area contributed by atoms with Crippen molar-refractivity contribution in [3.63, 3.8) is 0 Å². The molecule has 3 amide bonds. The van der Waals surface area contributed by atoms with Crippen LogP contribution in [0.5, 0.6) is 0 Å². The van der Waals surface area contributed by atoms with E-state index in [-0.39, 0.29) is 42.0 Å². The molecule has 0 bridgehead atoms. The van der Waals surface area contributed by atoms with Crippen molar-refractivity contribution >= 4 is 41.5 Å². The fourth-order valence-corrected chi connectivity index (χ4v) is 0.376. The van der Waals surface area contributed by atoms with Crippen molar-refractivity contribution in [2.24, 2.45) is 0 Å². The second-order valence-electron chi connectivity index (χ2n) is 1.23. The van der Waals surface area contributed by atoms with E-state index >= 15 is 0 Å². The van der Waals surface area contributed by atoms with Gasteiger partial charge in [0.2, 0.25) is 5.91 Å². The molecule has 1 radical (unpaired) electrons. The number of nitrogens with one attached hydrogen (secondary N) is 2. The van der Waals surface area contributed by atoms with Gasteiger partial charge in [0, 0.05) is 29.6 Å². The van der Waals surface area contributed by atoms with Gasteiger partial charge in [-0.05, 0) is 0 Å². The summed E-state index contributed by atoms with van der Waals surface area (Å²) in [5.41, 5.74) is 0. The molecule has 1 aliphatic heterocycles. The van der Waals surface area contributed by atoms with E-state index in [1.807, 2.05) is 5.32 Å². The zero-order valence-electron chi connectivity index (χ0n) is 4.52. The van der Waals surface area contributed by atoms with Crippen LogP contribution < -0.4 is 10.6 Å². The predicted molar refractivity (Wildman–Crippen MR) is 27.3 cm³/mol. The number of urea groups is 1. The van der Waals surface area contributed by atoms with E-state index in [9.17, 15) is 9.59 Å². The van der Waals surface area contributed by atoms with Crippen molar-refractivity contribution in [1.29, 1.82) is 0 Å². The first-order valence-corrected chi connectivity index (χ1v) is 1.87. The van der Waals surface area contributed by atoms with Crippen LogP contribution in [-0.2, 0) is 4.79 Å². The molecule has 2 N–H and O–H groups in total. The Labute approximate surface area is 68.3 Å². The first-order valence-electron chi connectivity index (χ1n) is 1.87. The van der Waals surface area contributed by atoms with Crippen LogP contribution in [-0.4, -0.2) is 48.0 Å². The Hall–Kier alpha value is -0.0600. The molecule has 0 saturated carbocycles. The fraction of sp³-hybridized carbons (Fsp3) is 0.333. The van der Waals surface area contributed by atoms with Gasteiger partial charge in [0.15, 0.2) is 0 Å². The SMILES string of the molecule is O=C1CNC(=O)N1.[Na]. The number of hydrogen-bond acceptors (Lipinski definition) is 2. The molecule has 0 unspecified atom stereocenters. The quantitative estimate of drug-likeness (QED) is 0.302. The summed E-state index contributed by atoms with van der Waals surface area (Å²) < 4.78 is 0. The Kier molecular flexibility index (Phi) is 3.04. The summed E-state index contributed by atoms with van der Waals surface area (Å²) in [7, 11) is 0. The topological polar surface area (TPSA) is 58.2 Å².